The highest BCUT2D eigenvalue weighted by Gasteiger charge is 2.10. The molecule has 4 nitrogen and oxygen atoms in total. The number of benzene rings is 2. The molecule has 2 rings (SSSR count). The van der Waals surface area contributed by atoms with Crippen LogP contribution in [0.1, 0.15) is 15.9 Å². The minimum absolute atomic E-state index is 0.195. The molecule has 0 saturated carbocycles. The van der Waals surface area contributed by atoms with E-state index in [0.29, 0.717) is 22.5 Å². The smallest absolute Gasteiger partial charge is 0.253 e. The third-order valence-corrected chi connectivity index (χ3v) is 3.54. The van der Waals surface area contributed by atoms with Crippen molar-refractivity contribution in [3.05, 3.63) is 57.8 Å². The Kier molecular flexibility index (Phi) is 4.24. The molecule has 20 heavy (non-hydrogen) atoms. The SMILES string of the molecule is Nc1ccc(C(=O)NCc2cc(F)ccc2Br)c(N)c1. The summed E-state index contributed by atoms with van der Waals surface area (Å²) >= 11 is 3.30. The number of rotatable bonds is 3. The predicted octanol–water partition coefficient (Wildman–Crippen LogP) is 2.68. The van der Waals surface area contributed by atoms with E-state index in [0.717, 1.165) is 4.47 Å². The molecule has 0 saturated heterocycles. The average molecular weight is 338 g/mol. The van der Waals surface area contributed by atoms with Gasteiger partial charge < -0.3 is 16.8 Å². The number of nitrogens with two attached hydrogens (primary N) is 2. The molecule has 0 aliphatic heterocycles. The third kappa shape index (κ3) is 3.27. The van der Waals surface area contributed by atoms with Gasteiger partial charge in [-0.25, -0.2) is 4.39 Å². The molecule has 1 amide bonds. The van der Waals surface area contributed by atoms with Crippen molar-refractivity contribution in [1.82, 2.24) is 5.32 Å². The first-order chi connectivity index (χ1) is 9.47. The summed E-state index contributed by atoms with van der Waals surface area (Å²) in [4.78, 5) is 12.0. The minimum Gasteiger partial charge on any atom is -0.399 e. The quantitative estimate of drug-likeness (QED) is 0.753. The number of nitrogens with one attached hydrogen (secondary N) is 1. The monoisotopic (exact) mass is 337 g/mol. The Labute approximate surface area is 124 Å². The van der Waals surface area contributed by atoms with Crippen molar-refractivity contribution in [2.24, 2.45) is 0 Å². The highest BCUT2D eigenvalue weighted by Crippen LogP contribution is 2.19. The molecule has 104 valence electrons. The molecule has 2 aromatic carbocycles. The van der Waals surface area contributed by atoms with Crippen molar-refractivity contribution in [2.75, 3.05) is 11.5 Å². The van der Waals surface area contributed by atoms with Crippen LogP contribution in [0.2, 0.25) is 0 Å². The molecular weight excluding hydrogens is 325 g/mol. The molecule has 0 aliphatic carbocycles. The number of amides is 1. The van der Waals surface area contributed by atoms with Crippen LogP contribution in [0.15, 0.2) is 40.9 Å². The summed E-state index contributed by atoms with van der Waals surface area (Å²) in [5, 5.41) is 2.69. The lowest BCUT2D eigenvalue weighted by Gasteiger charge is -2.09. The molecule has 0 aromatic heterocycles. The fraction of sp³-hybridized carbons (Fsp3) is 0.0714. The van der Waals surface area contributed by atoms with E-state index in [1.807, 2.05) is 0 Å². The fourth-order valence-electron chi connectivity index (χ4n) is 1.74. The zero-order valence-corrected chi connectivity index (χ0v) is 12.1. The molecule has 0 aliphatic rings. The lowest BCUT2D eigenvalue weighted by atomic mass is 10.1. The maximum absolute atomic E-state index is 13.1. The van der Waals surface area contributed by atoms with Crippen LogP contribution in [-0.4, -0.2) is 5.91 Å². The summed E-state index contributed by atoms with van der Waals surface area (Å²) in [5.74, 6) is -0.692. The fourth-order valence-corrected chi connectivity index (χ4v) is 2.12. The summed E-state index contributed by atoms with van der Waals surface area (Å²) in [7, 11) is 0. The summed E-state index contributed by atoms with van der Waals surface area (Å²) in [6, 6.07) is 8.97. The van der Waals surface area contributed by atoms with E-state index in [9.17, 15) is 9.18 Å². The number of hydrogen-bond acceptors (Lipinski definition) is 3. The molecule has 2 aromatic rings. The van der Waals surface area contributed by atoms with E-state index >= 15 is 0 Å². The first-order valence-electron chi connectivity index (χ1n) is 5.84. The number of halogens is 2. The number of anilines is 2. The second-order valence-electron chi connectivity index (χ2n) is 4.27. The largest absolute Gasteiger partial charge is 0.399 e. The molecular formula is C14H13BrFN3O. The van der Waals surface area contributed by atoms with E-state index < -0.39 is 0 Å². The van der Waals surface area contributed by atoms with Crippen LogP contribution in [-0.2, 0) is 6.54 Å². The highest BCUT2D eigenvalue weighted by atomic mass is 79.9. The van der Waals surface area contributed by atoms with Gasteiger partial charge in [-0.2, -0.15) is 0 Å². The van der Waals surface area contributed by atoms with Gasteiger partial charge >= 0.3 is 0 Å². The van der Waals surface area contributed by atoms with Crippen molar-refractivity contribution in [1.29, 1.82) is 0 Å². The predicted molar refractivity (Wildman–Crippen MR) is 80.5 cm³/mol. The van der Waals surface area contributed by atoms with Crippen LogP contribution in [0.4, 0.5) is 15.8 Å². The zero-order chi connectivity index (χ0) is 14.7. The molecule has 0 atom stereocenters. The Hall–Kier alpha value is -2.08. The number of nitrogen functional groups attached to an aromatic ring is 2. The van der Waals surface area contributed by atoms with Crippen LogP contribution >= 0.6 is 15.9 Å². The zero-order valence-electron chi connectivity index (χ0n) is 10.5. The molecule has 0 radical (unpaired) electrons. The van der Waals surface area contributed by atoms with Crippen molar-refractivity contribution >= 4 is 33.2 Å². The maximum Gasteiger partial charge on any atom is 0.253 e. The average Bonchev–Trinajstić information content (AvgIpc) is 2.39. The van der Waals surface area contributed by atoms with Crippen LogP contribution < -0.4 is 16.8 Å². The van der Waals surface area contributed by atoms with Gasteiger partial charge in [-0.15, -0.1) is 0 Å². The molecule has 0 unspecified atom stereocenters. The molecule has 0 bridgehead atoms. The first kappa shape index (κ1) is 14.3. The van der Waals surface area contributed by atoms with Crippen LogP contribution in [0.3, 0.4) is 0 Å². The van der Waals surface area contributed by atoms with Crippen molar-refractivity contribution in [2.45, 2.75) is 6.54 Å². The van der Waals surface area contributed by atoms with Crippen LogP contribution in [0, 0.1) is 5.82 Å². The minimum atomic E-state index is -0.357. The molecule has 5 N–H and O–H groups in total. The third-order valence-electron chi connectivity index (χ3n) is 2.77. The van der Waals surface area contributed by atoms with Gasteiger partial charge in [-0.05, 0) is 42.0 Å². The molecule has 0 spiro atoms. The standard InChI is InChI=1S/C14H13BrFN3O/c15-12-4-1-9(16)5-8(12)7-19-14(20)11-3-2-10(17)6-13(11)18/h1-6H,7,17-18H2,(H,19,20). The first-order valence-corrected chi connectivity index (χ1v) is 6.64. The van der Waals surface area contributed by atoms with Gasteiger partial charge in [0, 0.05) is 22.4 Å². The molecule has 0 heterocycles. The van der Waals surface area contributed by atoms with Crippen LogP contribution in [0.25, 0.3) is 0 Å². The maximum atomic E-state index is 13.1. The van der Waals surface area contributed by atoms with Crippen molar-refractivity contribution in [3.63, 3.8) is 0 Å². The lowest BCUT2D eigenvalue weighted by Crippen LogP contribution is -2.24. The van der Waals surface area contributed by atoms with Gasteiger partial charge in [0.05, 0.1) is 5.56 Å². The van der Waals surface area contributed by atoms with E-state index in [2.05, 4.69) is 21.2 Å². The highest BCUT2D eigenvalue weighted by molar-refractivity contribution is 9.10. The Morgan fingerprint density at radius 2 is 1.95 bits per heavy atom. The van der Waals surface area contributed by atoms with Crippen molar-refractivity contribution < 1.29 is 9.18 Å². The van der Waals surface area contributed by atoms with Gasteiger partial charge in [-0.3, -0.25) is 4.79 Å². The van der Waals surface area contributed by atoms with Gasteiger partial charge in [-0.1, -0.05) is 15.9 Å². The Bertz CT molecular complexity index is 661. The molecule has 0 fully saturated rings. The van der Waals surface area contributed by atoms with E-state index in [-0.39, 0.29) is 18.3 Å². The summed E-state index contributed by atoms with van der Waals surface area (Å²) in [6.45, 7) is 0.195. The van der Waals surface area contributed by atoms with E-state index in [1.165, 1.54) is 18.2 Å². The second-order valence-corrected chi connectivity index (χ2v) is 5.12. The summed E-state index contributed by atoms with van der Waals surface area (Å²) < 4.78 is 13.9. The van der Waals surface area contributed by atoms with Gasteiger partial charge in [0.15, 0.2) is 0 Å². The van der Waals surface area contributed by atoms with Gasteiger partial charge in [0.25, 0.3) is 5.91 Å². The topological polar surface area (TPSA) is 81.1 Å². The normalized spacial score (nSPS) is 10.3. The molecule has 6 heteroatoms. The van der Waals surface area contributed by atoms with Gasteiger partial charge in [0.1, 0.15) is 5.82 Å². The number of carbonyl (C=O) groups is 1. The van der Waals surface area contributed by atoms with E-state index in [1.54, 1.807) is 18.2 Å². The Balaban J connectivity index is 2.10. The second kappa shape index (κ2) is 5.92. The number of carbonyl (C=O) groups excluding carboxylic acids is 1. The Morgan fingerprint density at radius 1 is 1.20 bits per heavy atom. The Morgan fingerprint density at radius 3 is 2.65 bits per heavy atom. The number of hydrogen-bond donors (Lipinski definition) is 3. The van der Waals surface area contributed by atoms with Gasteiger partial charge in [0.2, 0.25) is 0 Å². The summed E-state index contributed by atoms with van der Waals surface area (Å²) in [6.07, 6.45) is 0. The van der Waals surface area contributed by atoms with E-state index in [4.69, 9.17) is 11.5 Å². The summed E-state index contributed by atoms with van der Waals surface area (Å²) in [5.41, 5.74) is 13.1. The lowest BCUT2D eigenvalue weighted by molar-refractivity contribution is 0.0951. The van der Waals surface area contributed by atoms with Crippen molar-refractivity contribution in [3.8, 4) is 0 Å². The van der Waals surface area contributed by atoms with Crippen LogP contribution in [0.5, 0.6) is 0 Å².